The fraction of sp³-hybridized carbons (Fsp3) is 0.471. The fourth-order valence-corrected chi connectivity index (χ4v) is 3.09. The van der Waals surface area contributed by atoms with Gasteiger partial charge in [-0.15, -0.1) is 0 Å². The number of aromatic nitrogens is 2. The third-order valence-corrected chi connectivity index (χ3v) is 4.38. The fourth-order valence-electron chi connectivity index (χ4n) is 3.09. The highest BCUT2D eigenvalue weighted by Gasteiger charge is 2.52. The molecule has 2 heterocycles. The molecule has 146 valence electrons. The summed E-state index contributed by atoms with van der Waals surface area (Å²) in [6, 6.07) is 6.99. The molecule has 1 aliphatic rings. The summed E-state index contributed by atoms with van der Waals surface area (Å²) in [6.45, 7) is 1.73. The Balaban J connectivity index is 1.68. The third-order valence-electron chi connectivity index (χ3n) is 4.38. The first kappa shape index (κ1) is 19.2. The number of benzene rings is 1. The van der Waals surface area contributed by atoms with E-state index >= 15 is 0 Å². The van der Waals surface area contributed by atoms with Crippen LogP contribution in [0.25, 0.3) is 11.4 Å². The van der Waals surface area contributed by atoms with Crippen LogP contribution in [0, 0.1) is 11.8 Å². The van der Waals surface area contributed by atoms with E-state index in [4.69, 9.17) is 14.4 Å². The molecule has 1 fully saturated rings. The molecule has 10 heteroatoms. The predicted molar refractivity (Wildman–Crippen MR) is 86.9 cm³/mol. The number of ether oxygens (including phenoxy) is 1. The molecule has 27 heavy (non-hydrogen) atoms. The number of rotatable bonds is 6. The Morgan fingerprint density at radius 1 is 1.33 bits per heavy atom. The summed E-state index contributed by atoms with van der Waals surface area (Å²) in [5.41, 5.74) is 0.673. The van der Waals surface area contributed by atoms with Gasteiger partial charge in [-0.3, -0.25) is 9.69 Å². The van der Waals surface area contributed by atoms with Crippen molar-refractivity contribution in [2.24, 2.45) is 11.8 Å². The van der Waals surface area contributed by atoms with Crippen LogP contribution in [0.1, 0.15) is 12.8 Å². The van der Waals surface area contributed by atoms with Gasteiger partial charge in [0.15, 0.2) is 0 Å². The second kappa shape index (κ2) is 7.55. The van der Waals surface area contributed by atoms with Gasteiger partial charge in [0.25, 0.3) is 0 Å². The van der Waals surface area contributed by atoms with Crippen LogP contribution in [0.15, 0.2) is 28.8 Å². The zero-order valence-corrected chi connectivity index (χ0v) is 14.4. The minimum atomic E-state index is -4.57. The molecular weight excluding hydrogens is 367 g/mol. The maximum Gasteiger partial charge on any atom is 0.393 e. The molecule has 0 saturated carbocycles. The number of halogens is 3. The minimum absolute atomic E-state index is 0.0413. The van der Waals surface area contributed by atoms with Gasteiger partial charge in [-0.2, -0.15) is 18.2 Å². The number of carboxylic acid groups (broad SMARTS) is 1. The Hall–Kier alpha value is -2.62. The molecule has 1 N–H and O–H groups in total. The van der Waals surface area contributed by atoms with E-state index < -0.39 is 30.5 Å². The van der Waals surface area contributed by atoms with Crippen LogP contribution in [-0.2, 0) is 11.3 Å². The smallest absolute Gasteiger partial charge is 0.393 e. The lowest BCUT2D eigenvalue weighted by Gasteiger charge is -2.17. The molecule has 0 unspecified atom stereocenters. The Labute approximate surface area is 152 Å². The molecule has 1 saturated heterocycles. The summed E-state index contributed by atoms with van der Waals surface area (Å²) in [7, 11) is 0. The van der Waals surface area contributed by atoms with Crippen molar-refractivity contribution < 1.29 is 32.3 Å². The van der Waals surface area contributed by atoms with Crippen LogP contribution in [0.2, 0.25) is 0 Å². The van der Waals surface area contributed by atoms with Crippen LogP contribution in [0.5, 0.6) is 5.75 Å². The minimum Gasteiger partial charge on any atom is -0.494 e. The van der Waals surface area contributed by atoms with Gasteiger partial charge in [0.1, 0.15) is 5.75 Å². The van der Waals surface area contributed by atoms with Crippen LogP contribution in [0.3, 0.4) is 0 Å². The van der Waals surface area contributed by atoms with Crippen molar-refractivity contribution in [1.82, 2.24) is 15.0 Å². The predicted octanol–water partition coefficient (Wildman–Crippen LogP) is 2.83. The Morgan fingerprint density at radius 3 is 2.59 bits per heavy atom. The number of likely N-dealkylation sites (tertiary alicyclic amines) is 1. The molecule has 1 aromatic carbocycles. The first-order valence-electron chi connectivity index (χ1n) is 8.35. The second-order valence-electron chi connectivity index (χ2n) is 6.26. The van der Waals surface area contributed by atoms with Crippen LogP contribution < -0.4 is 4.74 Å². The maximum atomic E-state index is 13.0. The zero-order valence-electron chi connectivity index (χ0n) is 14.4. The Bertz CT molecular complexity index is 791. The van der Waals surface area contributed by atoms with Crippen molar-refractivity contribution in [2.45, 2.75) is 19.6 Å². The highest BCUT2D eigenvalue weighted by molar-refractivity contribution is 5.71. The number of carboxylic acids is 1. The van der Waals surface area contributed by atoms with Gasteiger partial charge in [-0.1, -0.05) is 5.16 Å². The number of aliphatic carboxylic acids is 1. The standard InChI is InChI=1S/C17H18F3N3O4/c1-2-26-11-5-3-10(4-6-11)15-21-14(27-22-15)9-23-7-12(16(24)25)13(8-23)17(18,19)20/h3-6,12-13H,2,7-9H2,1H3,(H,24,25)/t12-,13-/m1/s1. The number of alkyl halides is 3. The highest BCUT2D eigenvalue weighted by Crippen LogP contribution is 2.38. The number of hydrogen-bond acceptors (Lipinski definition) is 6. The van der Waals surface area contributed by atoms with Gasteiger partial charge >= 0.3 is 12.1 Å². The van der Waals surface area contributed by atoms with E-state index in [-0.39, 0.29) is 19.0 Å². The molecule has 1 aliphatic heterocycles. The molecule has 3 rings (SSSR count). The van der Waals surface area contributed by atoms with E-state index in [1.165, 1.54) is 4.90 Å². The first-order valence-corrected chi connectivity index (χ1v) is 8.35. The van der Waals surface area contributed by atoms with Crippen molar-refractivity contribution in [3.05, 3.63) is 30.2 Å². The molecule has 2 atom stereocenters. The summed E-state index contributed by atoms with van der Waals surface area (Å²) >= 11 is 0. The molecule has 0 amide bonds. The van der Waals surface area contributed by atoms with E-state index in [0.29, 0.717) is 23.7 Å². The maximum absolute atomic E-state index is 13.0. The lowest BCUT2D eigenvalue weighted by molar-refractivity contribution is -0.188. The average molecular weight is 385 g/mol. The molecule has 0 spiro atoms. The lowest BCUT2D eigenvalue weighted by atomic mass is 9.96. The van der Waals surface area contributed by atoms with Gasteiger partial charge in [0.2, 0.25) is 11.7 Å². The average Bonchev–Trinajstić information content (AvgIpc) is 3.23. The SMILES string of the molecule is CCOc1ccc(-c2noc(CN3C[C@@H](C(F)(F)F)[C@H](C(=O)O)C3)n2)cc1. The van der Waals surface area contributed by atoms with Crippen molar-refractivity contribution >= 4 is 5.97 Å². The van der Waals surface area contributed by atoms with E-state index in [2.05, 4.69) is 10.1 Å². The molecule has 1 aromatic heterocycles. The summed E-state index contributed by atoms with van der Waals surface area (Å²) in [6.07, 6.45) is -4.57. The Kier molecular flexibility index (Phi) is 5.36. The van der Waals surface area contributed by atoms with E-state index in [9.17, 15) is 18.0 Å². The number of nitrogens with zero attached hydrogens (tertiary/aromatic N) is 3. The van der Waals surface area contributed by atoms with Gasteiger partial charge < -0.3 is 14.4 Å². The number of hydrogen-bond donors (Lipinski definition) is 1. The van der Waals surface area contributed by atoms with Gasteiger partial charge in [-0.25, -0.2) is 0 Å². The molecule has 0 bridgehead atoms. The van der Waals surface area contributed by atoms with Crippen molar-refractivity contribution in [1.29, 1.82) is 0 Å². The lowest BCUT2D eigenvalue weighted by Crippen LogP contribution is -2.33. The topological polar surface area (TPSA) is 88.7 Å². The summed E-state index contributed by atoms with van der Waals surface area (Å²) in [4.78, 5) is 16.7. The summed E-state index contributed by atoms with van der Waals surface area (Å²) in [5.74, 6) is -3.75. The second-order valence-corrected chi connectivity index (χ2v) is 6.26. The third kappa shape index (κ3) is 4.38. The first-order chi connectivity index (χ1) is 12.8. The van der Waals surface area contributed by atoms with E-state index in [1.54, 1.807) is 24.3 Å². The molecule has 0 radical (unpaired) electrons. The highest BCUT2D eigenvalue weighted by atomic mass is 19.4. The van der Waals surface area contributed by atoms with Gasteiger partial charge in [0.05, 0.1) is 25.0 Å². The number of carbonyl (C=O) groups is 1. The van der Waals surface area contributed by atoms with Crippen molar-refractivity contribution in [3.63, 3.8) is 0 Å². The van der Waals surface area contributed by atoms with Crippen LogP contribution in [0.4, 0.5) is 13.2 Å². The van der Waals surface area contributed by atoms with Crippen LogP contribution in [-0.4, -0.2) is 52.0 Å². The monoisotopic (exact) mass is 385 g/mol. The summed E-state index contributed by atoms with van der Waals surface area (Å²) < 4.78 is 49.6. The molecule has 2 aromatic rings. The van der Waals surface area contributed by atoms with Crippen molar-refractivity contribution in [3.8, 4) is 17.1 Å². The van der Waals surface area contributed by atoms with Crippen LogP contribution >= 0.6 is 0 Å². The Morgan fingerprint density at radius 2 is 2.04 bits per heavy atom. The molecule has 7 nitrogen and oxygen atoms in total. The van der Waals surface area contributed by atoms with E-state index in [1.807, 2.05) is 6.92 Å². The van der Waals surface area contributed by atoms with Gasteiger partial charge in [-0.05, 0) is 31.2 Å². The molecular formula is C17H18F3N3O4. The molecule has 0 aliphatic carbocycles. The van der Waals surface area contributed by atoms with E-state index in [0.717, 1.165) is 0 Å². The zero-order chi connectivity index (χ0) is 19.6. The normalized spacial score (nSPS) is 20.7. The largest absolute Gasteiger partial charge is 0.494 e. The van der Waals surface area contributed by atoms with Crippen molar-refractivity contribution in [2.75, 3.05) is 19.7 Å². The quantitative estimate of drug-likeness (QED) is 0.818. The van der Waals surface area contributed by atoms with Gasteiger partial charge in [0, 0.05) is 18.7 Å². The summed E-state index contributed by atoms with van der Waals surface area (Å²) in [5, 5.41) is 12.9.